The summed E-state index contributed by atoms with van der Waals surface area (Å²) in [5.74, 6) is -0.192. The zero-order valence-electron chi connectivity index (χ0n) is 35.2. The van der Waals surface area contributed by atoms with Crippen LogP contribution >= 0.6 is 17.0 Å². The van der Waals surface area contributed by atoms with E-state index in [1.807, 2.05) is 0 Å². The molecule has 0 N–H and O–H groups in total. The Morgan fingerprint density at radius 1 is 0.556 bits per heavy atom. The predicted molar refractivity (Wildman–Crippen MR) is 242 cm³/mol. The number of rotatable bonds is 13. The third kappa shape index (κ3) is 6.70. The maximum absolute atomic E-state index is 9.06. The van der Waals surface area contributed by atoms with Gasteiger partial charge in [-0.05, 0) is 0 Å². The Kier molecular flexibility index (Phi) is 12.4. The maximum atomic E-state index is 9.06. The van der Waals surface area contributed by atoms with Crippen LogP contribution in [0, 0.1) is 11.8 Å². The molecule has 0 fully saturated rings. The number of allylic oxidation sites excluding steroid dienone is 2. The fourth-order valence-electron chi connectivity index (χ4n) is 10.1. The van der Waals surface area contributed by atoms with Gasteiger partial charge in [-0.1, -0.05) is 0 Å². The normalized spacial score (nSPS) is 18.7. The zero-order valence-corrected chi connectivity index (χ0v) is 40.3. The van der Waals surface area contributed by atoms with Crippen LogP contribution < -0.4 is 0 Å². The van der Waals surface area contributed by atoms with Crippen LogP contribution in [0.3, 0.4) is 0 Å². The molecule has 4 heteroatoms. The molecule has 6 rings (SSSR count). The molecule has 0 bridgehead atoms. The molecule has 2 aliphatic carbocycles. The van der Waals surface area contributed by atoms with Gasteiger partial charge in [0.25, 0.3) is 0 Å². The molecule has 0 spiro atoms. The van der Waals surface area contributed by atoms with Gasteiger partial charge in [-0.2, -0.15) is 0 Å². The summed E-state index contributed by atoms with van der Waals surface area (Å²) in [6.45, 7) is 28.5. The number of benzene rings is 4. The molecule has 0 amide bonds. The molecule has 0 aliphatic heterocycles. The summed E-state index contributed by atoms with van der Waals surface area (Å²) in [4.78, 5) is 0. The Balaban J connectivity index is 1.73. The van der Waals surface area contributed by atoms with Crippen molar-refractivity contribution in [3.05, 3.63) is 128 Å². The predicted octanol–water partition coefficient (Wildman–Crippen LogP) is 16.0. The Morgan fingerprint density at radius 2 is 0.926 bits per heavy atom. The fourth-order valence-corrected chi connectivity index (χ4v) is 41.3. The molecule has 2 aliphatic rings. The molecule has 0 saturated heterocycles. The van der Waals surface area contributed by atoms with Crippen molar-refractivity contribution in [1.29, 1.82) is 0 Å². The van der Waals surface area contributed by atoms with E-state index in [4.69, 9.17) is 17.0 Å². The second-order valence-electron chi connectivity index (χ2n) is 17.6. The molecule has 4 aromatic rings. The second kappa shape index (κ2) is 16.1. The first-order valence-electron chi connectivity index (χ1n) is 21.2. The molecule has 54 heavy (non-hydrogen) atoms. The minimum atomic E-state index is -5.06. The molecule has 0 heterocycles. The molecule has 0 nitrogen and oxygen atoms in total. The number of fused-ring (bicyclic) bond motifs is 2. The van der Waals surface area contributed by atoms with E-state index < -0.39 is 21.5 Å². The summed E-state index contributed by atoms with van der Waals surface area (Å²) >= 11 is -5.06. The van der Waals surface area contributed by atoms with E-state index in [0.717, 1.165) is 25.7 Å². The summed E-state index contributed by atoms with van der Waals surface area (Å²) in [5, 5.41) is 0. The number of halogens is 2. The van der Waals surface area contributed by atoms with E-state index in [9.17, 15) is 0 Å². The first-order chi connectivity index (χ1) is 25.6. The van der Waals surface area contributed by atoms with Gasteiger partial charge in [0.1, 0.15) is 0 Å². The van der Waals surface area contributed by atoms with Gasteiger partial charge >= 0.3 is 340 Å². The third-order valence-corrected chi connectivity index (χ3v) is 65.3. The number of hydrogen-bond donors (Lipinski definition) is 0. The average Bonchev–Trinajstić information content (AvgIpc) is 3.77. The molecule has 4 unspecified atom stereocenters. The van der Waals surface area contributed by atoms with E-state index in [2.05, 4.69) is 167 Å². The van der Waals surface area contributed by atoms with Gasteiger partial charge in [-0.15, -0.1) is 0 Å². The van der Waals surface area contributed by atoms with Crippen molar-refractivity contribution in [1.82, 2.24) is 0 Å². The van der Waals surface area contributed by atoms with Crippen LogP contribution in [0.5, 0.6) is 0 Å². The zero-order chi connectivity index (χ0) is 39.3. The minimum absolute atomic E-state index is 0.0692. The topological polar surface area (TPSA) is 0 Å². The summed E-state index contributed by atoms with van der Waals surface area (Å²) in [7, 11) is 18.1. The summed E-state index contributed by atoms with van der Waals surface area (Å²) in [6, 6.07) is 28.0. The van der Waals surface area contributed by atoms with Crippen LogP contribution in [0.4, 0.5) is 0 Å². The van der Waals surface area contributed by atoms with Crippen LogP contribution in [0.1, 0.15) is 146 Å². The van der Waals surface area contributed by atoms with Crippen LogP contribution in [0.15, 0.2) is 83.9 Å². The van der Waals surface area contributed by atoms with Gasteiger partial charge in [-0.25, -0.2) is 0 Å². The first-order valence-corrected chi connectivity index (χ1v) is 37.5. The fraction of sp³-hybridized carbons (Fsp3) is 0.440. The molecule has 4 aromatic carbocycles. The Morgan fingerprint density at radius 3 is 1.24 bits per heavy atom. The Bertz CT molecular complexity index is 1960. The Hall–Kier alpha value is -1.96. The van der Waals surface area contributed by atoms with Crippen molar-refractivity contribution in [2.24, 2.45) is 11.8 Å². The van der Waals surface area contributed by atoms with Gasteiger partial charge in [0.05, 0.1) is 0 Å². The molecule has 0 radical (unpaired) electrons. The standard InChI is InChI=1S/2C24H29.C2H7Si.2ClH.Zr/c2*1-6-17(5)20-14-19-12-13-21(16(3)4)24(23(19)15-20)22-11-9-8-10-18(22)7-2;1-3-2;;;/h2*8-17H,6-7H2,1-5H3;3H,1-2H3;2*1H;/q;;;;;+2/p-2. The average molecular weight is 856 g/mol. The molecule has 0 saturated carbocycles. The second-order valence-corrected chi connectivity index (χ2v) is 60.1. The summed E-state index contributed by atoms with van der Waals surface area (Å²) in [5.41, 5.74) is 19.8. The van der Waals surface area contributed by atoms with E-state index >= 15 is 0 Å². The van der Waals surface area contributed by atoms with Gasteiger partial charge in [0.15, 0.2) is 0 Å². The molecular formula is C50H65Cl2SiZr. The van der Waals surface area contributed by atoms with Crippen LogP contribution in [0.2, 0.25) is 13.1 Å². The number of hydrogen-bond acceptors (Lipinski definition) is 0. The van der Waals surface area contributed by atoms with Gasteiger partial charge in [0.2, 0.25) is 0 Å². The number of aryl methyl sites for hydroxylation is 2. The van der Waals surface area contributed by atoms with Crippen molar-refractivity contribution in [3.63, 3.8) is 0 Å². The third-order valence-electron chi connectivity index (χ3n) is 13.7. The van der Waals surface area contributed by atoms with Gasteiger partial charge < -0.3 is 0 Å². The summed E-state index contributed by atoms with van der Waals surface area (Å²) in [6.07, 6.45) is 9.34. The van der Waals surface area contributed by atoms with E-state index in [1.54, 1.807) is 0 Å². The van der Waals surface area contributed by atoms with E-state index in [-0.39, 0.29) is 7.25 Å². The van der Waals surface area contributed by atoms with Crippen LogP contribution in [-0.2, 0) is 28.4 Å². The van der Waals surface area contributed by atoms with Crippen molar-refractivity contribution in [3.8, 4) is 22.3 Å². The SMILES string of the molecule is CCc1ccccc1-c1c(C(C)C)ccc2c1C=C(C(C)CC)[CH]2[Zr]([Cl])([Cl])([CH]1C(C(C)CC)=Cc2c1ccc(C(C)C)c2-c1ccccc1CC)[SiH](C)C. The molecular weight excluding hydrogens is 791 g/mol. The van der Waals surface area contributed by atoms with Crippen molar-refractivity contribution < 1.29 is 15.6 Å². The first kappa shape index (κ1) is 41.7. The van der Waals surface area contributed by atoms with E-state index in [0.29, 0.717) is 23.7 Å². The molecule has 0 aromatic heterocycles. The van der Waals surface area contributed by atoms with E-state index in [1.165, 1.54) is 77.9 Å². The molecule has 287 valence electrons. The van der Waals surface area contributed by atoms with Gasteiger partial charge in [-0.3, -0.25) is 0 Å². The van der Waals surface area contributed by atoms with Crippen LogP contribution in [0.25, 0.3) is 34.4 Å². The summed E-state index contributed by atoms with van der Waals surface area (Å²) < 4.78 is 0.138. The van der Waals surface area contributed by atoms with Crippen molar-refractivity contribution >= 4 is 35.1 Å². The molecule has 4 atom stereocenters. The quantitative estimate of drug-likeness (QED) is 0.118. The van der Waals surface area contributed by atoms with Crippen molar-refractivity contribution in [2.75, 3.05) is 0 Å². The Labute approximate surface area is 337 Å². The van der Waals surface area contributed by atoms with Crippen molar-refractivity contribution in [2.45, 2.75) is 127 Å². The monoisotopic (exact) mass is 853 g/mol. The van der Waals surface area contributed by atoms with Gasteiger partial charge in [0, 0.05) is 0 Å². The van der Waals surface area contributed by atoms with Crippen LogP contribution in [-0.4, -0.2) is 5.92 Å².